The number of hydrogen-bond acceptors (Lipinski definition) is 5. The third-order valence-corrected chi connectivity index (χ3v) is 5.30. The van der Waals surface area contributed by atoms with Crippen molar-refractivity contribution in [3.63, 3.8) is 0 Å². The van der Waals surface area contributed by atoms with E-state index in [4.69, 9.17) is 18.9 Å². The highest BCUT2D eigenvalue weighted by molar-refractivity contribution is 6.11. The maximum Gasteiger partial charge on any atom is 0.193 e. The van der Waals surface area contributed by atoms with E-state index in [-0.39, 0.29) is 12.6 Å². The zero-order chi connectivity index (χ0) is 24.0. The van der Waals surface area contributed by atoms with Crippen molar-refractivity contribution >= 4 is 17.9 Å². The molecule has 3 aromatic rings. The molecule has 5 nitrogen and oxygen atoms in total. The van der Waals surface area contributed by atoms with Crippen LogP contribution in [-0.2, 0) is 11.3 Å². The van der Waals surface area contributed by atoms with Crippen molar-refractivity contribution in [1.29, 1.82) is 0 Å². The third kappa shape index (κ3) is 5.56. The number of ketones is 1. The van der Waals surface area contributed by atoms with E-state index < -0.39 is 5.60 Å². The summed E-state index contributed by atoms with van der Waals surface area (Å²) in [7, 11) is 1.56. The summed E-state index contributed by atoms with van der Waals surface area (Å²) in [5.41, 5.74) is 2.36. The van der Waals surface area contributed by atoms with Gasteiger partial charge in [0.2, 0.25) is 0 Å². The molecule has 1 aliphatic rings. The minimum atomic E-state index is -0.595. The van der Waals surface area contributed by atoms with E-state index >= 15 is 0 Å². The largest absolute Gasteiger partial charge is 0.488 e. The maximum absolute atomic E-state index is 13.5. The molecule has 0 radical (unpaired) electrons. The Morgan fingerprint density at radius 1 is 0.971 bits per heavy atom. The standard InChI is InChI=1S/C29H28O5/c1-29(2)17-16-23-25(33-20-31-3)18-26(32-19-22-12-8-5-9-13-22)27(28(23)34-29)24(30)15-14-21-10-6-4-7-11-21/h4-18H,19-20H2,1-3H3/b15-14+. The first-order chi connectivity index (χ1) is 16.5. The molecule has 0 saturated heterocycles. The minimum Gasteiger partial charge on any atom is -0.488 e. The van der Waals surface area contributed by atoms with Gasteiger partial charge in [0, 0.05) is 13.2 Å². The Morgan fingerprint density at radius 3 is 2.38 bits per heavy atom. The van der Waals surface area contributed by atoms with E-state index in [1.807, 2.05) is 86.7 Å². The molecule has 0 amide bonds. The van der Waals surface area contributed by atoms with Crippen LogP contribution in [0.1, 0.15) is 40.9 Å². The predicted molar refractivity (Wildman–Crippen MR) is 133 cm³/mol. The summed E-state index contributed by atoms with van der Waals surface area (Å²) >= 11 is 0. The molecule has 0 atom stereocenters. The van der Waals surface area contributed by atoms with Gasteiger partial charge in [-0.1, -0.05) is 66.7 Å². The highest BCUT2D eigenvalue weighted by atomic mass is 16.7. The Kier molecular flexibility index (Phi) is 7.14. The van der Waals surface area contributed by atoms with Crippen molar-refractivity contribution in [3.8, 4) is 17.2 Å². The molecule has 0 fully saturated rings. The molecule has 0 aromatic heterocycles. The van der Waals surface area contributed by atoms with E-state index in [0.717, 1.165) is 11.1 Å². The molecule has 3 aromatic carbocycles. The summed E-state index contributed by atoms with van der Waals surface area (Å²) < 4.78 is 23.4. The quantitative estimate of drug-likeness (QED) is 0.214. The van der Waals surface area contributed by atoms with Crippen LogP contribution in [0.4, 0.5) is 0 Å². The first kappa shape index (κ1) is 23.3. The van der Waals surface area contributed by atoms with Crippen molar-refractivity contribution in [2.45, 2.75) is 26.1 Å². The summed E-state index contributed by atoms with van der Waals surface area (Å²) in [4.78, 5) is 13.5. The number of carbonyl (C=O) groups is 1. The SMILES string of the molecule is COCOc1cc(OCc2ccccc2)c(C(=O)/C=C/c2ccccc2)c2c1C=CC(C)(C)O2. The van der Waals surface area contributed by atoms with Crippen LogP contribution < -0.4 is 14.2 Å². The minimum absolute atomic E-state index is 0.0585. The van der Waals surface area contributed by atoms with Gasteiger partial charge < -0.3 is 18.9 Å². The Balaban J connectivity index is 1.79. The van der Waals surface area contributed by atoms with Gasteiger partial charge in [0.15, 0.2) is 12.6 Å². The number of benzene rings is 3. The molecule has 0 N–H and O–H groups in total. The van der Waals surface area contributed by atoms with Crippen LogP contribution in [-0.4, -0.2) is 25.3 Å². The fraction of sp³-hybridized carbons (Fsp3) is 0.207. The summed E-state index contributed by atoms with van der Waals surface area (Å²) in [6.45, 7) is 4.23. The van der Waals surface area contributed by atoms with Crippen LogP contribution in [0.2, 0.25) is 0 Å². The lowest BCUT2D eigenvalue weighted by Crippen LogP contribution is -2.29. The fourth-order valence-electron chi connectivity index (χ4n) is 3.62. The molecule has 1 aliphatic heterocycles. The van der Waals surface area contributed by atoms with Gasteiger partial charge in [-0.15, -0.1) is 0 Å². The van der Waals surface area contributed by atoms with E-state index in [1.54, 1.807) is 25.3 Å². The molecule has 0 unspecified atom stereocenters. The fourth-order valence-corrected chi connectivity index (χ4v) is 3.62. The second kappa shape index (κ2) is 10.4. The second-order valence-electron chi connectivity index (χ2n) is 8.46. The van der Waals surface area contributed by atoms with Crippen molar-refractivity contribution in [1.82, 2.24) is 0 Å². The van der Waals surface area contributed by atoms with Crippen molar-refractivity contribution in [2.75, 3.05) is 13.9 Å². The summed E-state index contributed by atoms with van der Waals surface area (Å²) in [6, 6.07) is 21.2. The molecular formula is C29H28O5. The van der Waals surface area contributed by atoms with Gasteiger partial charge in [0.25, 0.3) is 0 Å². The van der Waals surface area contributed by atoms with Gasteiger partial charge >= 0.3 is 0 Å². The van der Waals surface area contributed by atoms with E-state index in [0.29, 0.717) is 35.0 Å². The Hall–Kier alpha value is -3.83. The van der Waals surface area contributed by atoms with Gasteiger partial charge in [0.1, 0.15) is 35.0 Å². The van der Waals surface area contributed by atoms with Crippen LogP contribution in [0.5, 0.6) is 17.2 Å². The molecule has 0 saturated carbocycles. The summed E-state index contributed by atoms with van der Waals surface area (Å²) in [5, 5.41) is 0. The van der Waals surface area contributed by atoms with Crippen LogP contribution in [0, 0.1) is 0 Å². The third-order valence-electron chi connectivity index (χ3n) is 5.30. The lowest BCUT2D eigenvalue weighted by molar-refractivity contribution is 0.0501. The highest BCUT2D eigenvalue weighted by Gasteiger charge is 2.31. The lowest BCUT2D eigenvalue weighted by Gasteiger charge is -2.31. The summed E-state index contributed by atoms with van der Waals surface area (Å²) in [5.74, 6) is 1.14. The smallest absolute Gasteiger partial charge is 0.193 e. The highest BCUT2D eigenvalue weighted by Crippen LogP contribution is 2.45. The molecule has 0 aliphatic carbocycles. The molecule has 0 spiro atoms. The second-order valence-corrected chi connectivity index (χ2v) is 8.46. The molecule has 174 valence electrons. The average molecular weight is 457 g/mol. The van der Waals surface area contributed by atoms with Gasteiger partial charge in [0.05, 0.1) is 5.56 Å². The summed E-state index contributed by atoms with van der Waals surface area (Å²) in [6.07, 6.45) is 7.19. The van der Waals surface area contributed by atoms with Crippen LogP contribution in [0.3, 0.4) is 0 Å². The van der Waals surface area contributed by atoms with Crippen LogP contribution in [0.15, 0.2) is 78.9 Å². The van der Waals surface area contributed by atoms with Crippen molar-refractivity contribution in [2.24, 2.45) is 0 Å². The Bertz CT molecular complexity index is 1190. The predicted octanol–water partition coefficient (Wildman–Crippen LogP) is 6.33. The van der Waals surface area contributed by atoms with Crippen molar-refractivity contribution in [3.05, 3.63) is 101 Å². The van der Waals surface area contributed by atoms with Gasteiger partial charge in [-0.2, -0.15) is 0 Å². The van der Waals surface area contributed by atoms with E-state index in [2.05, 4.69) is 0 Å². The number of fused-ring (bicyclic) bond motifs is 1. The maximum atomic E-state index is 13.5. The van der Waals surface area contributed by atoms with E-state index in [9.17, 15) is 4.79 Å². The molecule has 5 heteroatoms. The number of rotatable bonds is 9. The zero-order valence-electron chi connectivity index (χ0n) is 19.6. The Labute approximate surface area is 200 Å². The molecular weight excluding hydrogens is 428 g/mol. The van der Waals surface area contributed by atoms with Crippen LogP contribution >= 0.6 is 0 Å². The van der Waals surface area contributed by atoms with E-state index in [1.165, 1.54) is 0 Å². The Morgan fingerprint density at radius 2 is 1.68 bits per heavy atom. The van der Waals surface area contributed by atoms with Gasteiger partial charge in [-0.05, 0) is 43.2 Å². The number of carbonyl (C=O) groups excluding carboxylic acids is 1. The topological polar surface area (TPSA) is 54.0 Å². The normalized spacial score (nSPS) is 13.9. The first-order valence-electron chi connectivity index (χ1n) is 11.1. The van der Waals surface area contributed by atoms with Crippen molar-refractivity contribution < 1.29 is 23.7 Å². The lowest BCUT2D eigenvalue weighted by atomic mass is 9.96. The molecule has 0 bridgehead atoms. The van der Waals surface area contributed by atoms with Crippen LogP contribution in [0.25, 0.3) is 12.2 Å². The number of ether oxygens (including phenoxy) is 4. The number of allylic oxidation sites excluding steroid dienone is 1. The monoisotopic (exact) mass is 456 g/mol. The number of methoxy groups -OCH3 is 1. The molecule has 4 rings (SSSR count). The molecule has 34 heavy (non-hydrogen) atoms. The van der Waals surface area contributed by atoms with Gasteiger partial charge in [-0.25, -0.2) is 0 Å². The van der Waals surface area contributed by atoms with Gasteiger partial charge in [-0.3, -0.25) is 4.79 Å². The molecule has 1 heterocycles. The first-order valence-corrected chi connectivity index (χ1v) is 11.1. The average Bonchev–Trinajstić information content (AvgIpc) is 2.85. The zero-order valence-corrected chi connectivity index (χ0v) is 19.6. The number of hydrogen-bond donors (Lipinski definition) is 0.